The van der Waals surface area contributed by atoms with Crippen molar-refractivity contribution >= 4 is 5.91 Å². The fourth-order valence-electron chi connectivity index (χ4n) is 5.00. The Morgan fingerprint density at radius 3 is 2.53 bits per heavy atom. The van der Waals surface area contributed by atoms with Crippen molar-refractivity contribution in [2.45, 2.75) is 50.0 Å². The Labute approximate surface area is 174 Å². The smallest absolute Gasteiger partial charge is 0.233 e. The second-order valence-corrected chi connectivity index (χ2v) is 8.23. The van der Waals surface area contributed by atoms with Crippen LogP contribution in [0.5, 0.6) is 0 Å². The Morgan fingerprint density at radius 1 is 1.07 bits per heavy atom. The van der Waals surface area contributed by atoms with Gasteiger partial charge in [0.15, 0.2) is 5.82 Å². The van der Waals surface area contributed by atoms with Crippen LogP contribution in [0.3, 0.4) is 0 Å². The number of H-pyrrole nitrogens is 1. The number of nitrogens with one attached hydrogen (secondary N) is 1. The van der Waals surface area contributed by atoms with Crippen molar-refractivity contribution < 1.29 is 9.18 Å². The number of likely N-dealkylation sites (tertiary alicyclic amines) is 1. The van der Waals surface area contributed by atoms with Gasteiger partial charge < -0.3 is 4.90 Å². The van der Waals surface area contributed by atoms with Crippen molar-refractivity contribution in [2.75, 3.05) is 6.54 Å². The standard InChI is InChI=1S/C23H24FN5O/c24-18-7-5-17(6-8-18)23(11-1-2-12-23)22(30)29-15-3-4-19(29)21-26-20(27-28-21)16-9-13-25-14-10-16/h5-10,13-14,19H,1-4,11-12,15H2,(H,26,27,28)/t19-/m0/s1. The highest BCUT2D eigenvalue weighted by molar-refractivity contribution is 5.89. The van der Waals surface area contributed by atoms with Crippen LogP contribution in [-0.4, -0.2) is 37.5 Å². The average molecular weight is 405 g/mol. The van der Waals surface area contributed by atoms with Gasteiger partial charge in [0.2, 0.25) is 5.91 Å². The molecule has 1 aliphatic heterocycles. The van der Waals surface area contributed by atoms with Gasteiger partial charge in [-0.15, -0.1) is 0 Å². The summed E-state index contributed by atoms with van der Waals surface area (Å²) in [5.41, 5.74) is 1.25. The molecule has 0 unspecified atom stereocenters. The molecule has 154 valence electrons. The first-order chi connectivity index (χ1) is 14.7. The van der Waals surface area contributed by atoms with Crippen LogP contribution in [0, 0.1) is 5.82 Å². The van der Waals surface area contributed by atoms with Gasteiger partial charge in [-0.25, -0.2) is 9.37 Å². The highest BCUT2D eigenvalue weighted by Crippen LogP contribution is 2.45. The molecule has 1 atom stereocenters. The lowest BCUT2D eigenvalue weighted by Gasteiger charge is -2.35. The summed E-state index contributed by atoms with van der Waals surface area (Å²) in [5, 5.41) is 7.42. The molecule has 7 heteroatoms. The molecule has 3 aromatic rings. The number of hydrogen-bond donors (Lipinski definition) is 1. The number of halogens is 1. The maximum absolute atomic E-state index is 13.9. The van der Waals surface area contributed by atoms with Crippen molar-refractivity contribution in [3.63, 3.8) is 0 Å². The van der Waals surface area contributed by atoms with Gasteiger partial charge in [0, 0.05) is 24.5 Å². The number of amides is 1. The third-order valence-electron chi connectivity index (χ3n) is 6.53. The van der Waals surface area contributed by atoms with Gasteiger partial charge >= 0.3 is 0 Å². The molecule has 6 nitrogen and oxygen atoms in total. The summed E-state index contributed by atoms with van der Waals surface area (Å²) in [7, 11) is 0. The summed E-state index contributed by atoms with van der Waals surface area (Å²) < 4.78 is 13.5. The van der Waals surface area contributed by atoms with Crippen LogP contribution >= 0.6 is 0 Å². The van der Waals surface area contributed by atoms with Crippen LogP contribution in [0.2, 0.25) is 0 Å². The summed E-state index contributed by atoms with van der Waals surface area (Å²) in [6.07, 6.45) is 8.84. The number of carbonyl (C=O) groups is 1. The minimum atomic E-state index is -0.565. The Morgan fingerprint density at radius 2 is 1.80 bits per heavy atom. The third kappa shape index (κ3) is 3.18. The SMILES string of the molecule is O=C(N1CCC[C@H]1c1nc(-c2ccncc2)n[nH]1)C1(c2ccc(F)cc2)CCCC1. The van der Waals surface area contributed by atoms with E-state index in [0.29, 0.717) is 12.4 Å². The molecule has 2 aliphatic rings. The molecule has 1 N–H and O–H groups in total. The minimum Gasteiger partial charge on any atom is -0.332 e. The number of aromatic amines is 1. The van der Waals surface area contributed by atoms with E-state index in [-0.39, 0.29) is 17.8 Å². The molecule has 1 aromatic carbocycles. The molecular formula is C23H24FN5O. The number of pyridine rings is 1. The highest BCUT2D eigenvalue weighted by atomic mass is 19.1. The fourth-order valence-corrected chi connectivity index (χ4v) is 5.00. The van der Waals surface area contributed by atoms with Crippen LogP contribution in [0.4, 0.5) is 4.39 Å². The molecule has 2 aromatic heterocycles. The van der Waals surface area contributed by atoms with E-state index in [1.165, 1.54) is 12.1 Å². The van der Waals surface area contributed by atoms with Crippen LogP contribution in [0.1, 0.15) is 56.0 Å². The molecule has 0 spiro atoms. The van der Waals surface area contributed by atoms with Gasteiger partial charge in [-0.05, 0) is 55.5 Å². The molecule has 0 bridgehead atoms. The summed E-state index contributed by atoms with van der Waals surface area (Å²) in [6.45, 7) is 0.706. The Bertz CT molecular complexity index is 1030. The first-order valence-electron chi connectivity index (χ1n) is 10.6. The zero-order chi connectivity index (χ0) is 20.6. The topological polar surface area (TPSA) is 74.8 Å². The minimum absolute atomic E-state index is 0.112. The van der Waals surface area contributed by atoms with Gasteiger partial charge in [0.25, 0.3) is 0 Å². The van der Waals surface area contributed by atoms with E-state index in [1.54, 1.807) is 24.5 Å². The van der Waals surface area contributed by atoms with E-state index < -0.39 is 5.41 Å². The number of nitrogens with zero attached hydrogens (tertiary/aromatic N) is 4. The number of aromatic nitrogens is 4. The van der Waals surface area contributed by atoms with Gasteiger partial charge in [0.1, 0.15) is 11.6 Å². The fraction of sp³-hybridized carbons (Fsp3) is 0.391. The monoisotopic (exact) mass is 405 g/mol. The predicted molar refractivity (Wildman–Crippen MR) is 110 cm³/mol. The Hall–Kier alpha value is -3.09. The van der Waals surface area contributed by atoms with E-state index in [4.69, 9.17) is 4.98 Å². The van der Waals surface area contributed by atoms with Crippen LogP contribution in [0.15, 0.2) is 48.8 Å². The van der Waals surface area contributed by atoms with Crippen molar-refractivity contribution in [3.05, 3.63) is 66.0 Å². The van der Waals surface area contributed by atoms with E-state index in [9.17, 15) is 9.18 Å². The van der Waals surface area contributed by atoms with E-state index in [2.05, 4.69) is 15.2 Å². The average Bonchev–Trinajstić information content (AvgIpc) is 3.55. The number of carbonyl (C=O) groups excluding carboxylic acids is 1. The molecular weight excluding hydrogens is 381 g/mol. The summed E-state index contributed by atoms with van der Waals surface area (Å²) >= 11 is 0. The molecule has 1 saturated heterocycles. The number of benzene rings is 1. The second kappa shape index (κ2) is 7.63. The lowest BCUT2D eigenvalue weighted by Crippen LogP contribution is -2.45. The second-order valence-electron chi connectivity index (χ2n) is 8.23. The van der Waals surface area contributed by atoms with Crippen molar-refractivity contribution in [1.29, 1.82) is 0 Å². The molecule has 1 saturated carbocycles. The first-order valence-corrected chi connectivity index (χ1v) is 10.6. The number of hydrogen-bond acceptors (Lipinski definition) is 4. The lowest BCUT2D eigenvalue weighted by atomic mass is 9.77. The molecule has 2 fully saturated rings. The van der Waals surface area contributed by atoms with Crippen LogP contribution < -0.4 is 0 Å². The third-order valence-corrected chi connectivity index (χ3v) is 6.53. The largest absolute Gasteiger partial charge is 0.332 e. The zero-order valence-corrected chi connectivity index (χ0v) is 16.7. The maximum atomic E-state index is 13.9. The molecule has 5 rings (SSSR count). The number of rotatable bonds is 4. The van der Waals surface area contributed by atoms with Gasteiger partial charge in [-0.2, -0.15) is 5.10 Å². The van der Waals surface area contributed by atoms with Crippen molar-refractivity contribution in [2.24, 2.45) is 0 Å². The molecule has 1 aliphatic carbocycles. The van der Waals surface area contributed by atoms with Crippen LogP contribution in [-0.2, 0) is 10.2 Å². The van der Waals surface area contributed by atoms with E-state index in [0.717, 1.165) is 55.5 Å². The van der Waals surface area contributed by atoms with Crippen molar-refractivity contribution in [1.82, 2.24) is 25.1 Å². The zero-order valence-electron chi connectivity index (χ0n) is 16.7. The van der Waals surface area contributed by atoms with Gasteiger partial charge in [0.05, 0.1) is 11.5 Å². The van der Waals surface area contributed by atoms with Crippen LogP contribution in [0.25, 0.3) is 11.4 Å². The predicted octanol–water partition coefficient (Wildman–Crippen LogP) is 4.18. The van der Waals surface area contributed by atoms with Gasteiger partial charge in [-0.3, -0.25) is 14.9 Å². The summed E-state index contributed by atoms with van der Waals surface area (Å²) in [4.78, 5) is 24.6. The molecule has 3 heterocycles. The quantitative estimate of drug-likeness (QED) is 0.707. The summed E-state index contributed by atoms with van der Waals surface area (Å²) in [5.74, 6) is 1.19. The Balaban J connectivity index is 1.45. The van der Waals surface area contributed by atoms with E-state index >= 15 is 0 Å². The molecule has 1 amide bonds. The lowest BCUT2D eigenvalue weighted by molar-refractivity contribution is -0.138. The summed E-state index contributed by atoms with van der Waals surface area (Å²) in [6, 6.07) is 10.1. The normalized spacial score (nSPS) is 20.6. The van der Waals surface area contributed by atoms with Gasteiger partial charge in [-0.1, -0.05) is 25.0 Å². The Kier molecular flexibility index (Phi) is 4.81. The molecule has 30 heavy (non-hydrogen) atoms. The van der Waals surface area contributed by atoms with Crippen molar-refractivity contribution in [3.8, 4) is 11.4 Å². The first kappa shape index (κ1) is 18.9. The van der Waals surface area contributed by atoms with E-state index in [1.807, 2.05) is 17.0 Å². The maximum Gasteiger partial charge on any atom is 0.233 e. The highest BCUT2D eigenvalue weighted by Gasteiger charge is 2.48. The molecule has 0 radical (unpaired) electrons.